The maximum absolute atomic E-state index is 5.09. The normalized spacial score (nSPS) is 17.2. The first kappa shape index (κ1) is 13.4. The monoisotopic (exact) mass is 248 g/mol. The Morgan fingerprint density at radius 1 is 1.28 bits per heavy atom. The lowest BCUT2D eigenvalue weighted by atomic mass is 9.93. The number of benzene rings is 1. The zero-order chi connectivity index (χ0) is 13.0. The van der Waals surface area contributed by atoms with Crippen molar-refractivity contribution in [2.75, 3.05) is 24.6 Å². The number of nitrogens with two attached hydrogens (primary N) is 1. The Labute approximate surface area is 110 Å². The Morgan fingerprint density at radius 3 is 2.61 bits per heavy atom. The summed E-state index contributed by atoms with van der Waals surface area (Å²) < 4.78 is 0. The predicted octanol–water partition coefficient (Wildman–Crippen LogP) is 2.80. The number of anilines is 1. The molecule has 1 aromatic rings. The van der Waals surface area contributed by atoms with E-state index in [9.17, 15) is 0 Å². The van der Waals surface area contributed by atoms with Gasteiger partial charge in [-0.2, -0.15) is 0 Å². The third-order valence-electron chi connectivity index (χ3n) is 3.95. The third kappa shape index (κ3) is 3.24. The first-order chi connectivity index (χ1) is 8.70. The molecule has 0 atom stereocenters. The van der Waals surface area contributed by atoms with E-state index >= 15 is 0 Å². The van der Waals surface area contributed by atoms with Crippen LogP contribution in [0.1, 0.15) is 30.4 Å². The molecular weight excluding hydrogens is 224 g/mol. The van der Waals surface area contributed by atoms with Gasteiger partial charge in [0.2, 0.25) is 0 Å². The van der Waals surface area contributed by atoms with Crippen molar-refractivity contribution in [3.63, 3.8) is 0 Å². The van der Waals surface area contributed by atoms with Crippen LogP contribution in [0.25, 0.3) is 0 Å². The zero-order valence-electron chi connectivity index (χ0n) is 11.5. The van der Waals surface area contributed by atoms with Crippen LogP contribution in [0.2, 0.25) is 0 Å². The van der Waals surface area contributed by atoms with Crippen molar-refractivity contribution < 1.29 is 4.84 Å². The number of rotatable bonds is 4. The SMILES string of the molecule is Cc1ccc(N2CCC(CCON)CC2)c(C)c1. The van der Waals surface area contributed by atoms with E-state index < -0.39 is 0 Å². The first-order valence-corrected chi connectivity index (χ1v) is 6.84. The van der Waals surface area contributed by atoms with Crippen LogP contribution in [-0.4, -0.2) is 19.7 Å². The van der Waals surface area contributed by atoms with E-state index in [1.54, 1.807) is 0 Å². The summed E-state index contributed by atoms with van der Waals surface area (Å²) in [7, 11) is 0. The van der Waals surface area contributed by atoms with E-state index in [0.29, 0.717) is 6.61 Å². The molecule has 0 saturated carbocycles. The number of piperidine rings is 1. The van der Waals surface area contributed by atoms with E-state index in [1.807, 2.05) is 0 Å². The molecule has 2 N–H and O–H groups in total. The molecule has 100 valence electrons. The van der Waals surface area contributed by atoms with Crippen LogP contribution >= 0.6 is 0 Å². The van der Waals surface area contributed by atoms with Crippen LogP contribution in [0.15, 0.2) is 18.2 Å². The fourth-order valence-corrected chi connectivity index (χ4v) is 2.86. The summed E-state index contributed by atoms with van der Waals surface area (Å²) in [5, 5.41) is 0. The summed E-state index contributed by atoms with van der Waals surface area (Å²) in [6, 6.07) is 6.73. The molecule has 1 aliphatic rings. The molecule has 2 rings (SSSR count). The van der Waals surface area contributed by atoms with Crippen molar-refractivity contribution in [1.82, 2.24) is 0 Å². The van der Waals surface area contributed by atoms with Gasteiger partial charge < -0.3 is 9.74 Å². The van der Waals surface area contributed by atoms with E-state index in [4.69, 9.17) is 5.90 Å². The molecule has 1 aromatic carbocycles. The Bertz CT molecular complexity index is 384. The number of nitrogens with zero attached hydrogens (tertiary/aromatic N) is 1. The molecule has 0 aromatic heterocycles. The highest BCUT2D eigenvalue weighted by Gasteiger charge is 2.20. The third-order valence-corrected chi connectivity index (χ3v) is 3.95. The highest BCUT2D eigenvalue weighted by Crippen LogP contribution is 2.27. The topological polar surface area (TPSA) is 38.5 Å². The van der Waals surface area contributed by atoms with E-state index in [1.165, 1.54) is 29.7 Å². The summed E-state index contributed by atoms with van der Waals surface area (Å²) in [5.41, 5.74) is 4.12. The van der Waals surface area contributed by atoms with E-state index in [0.717, 1.165) is 25.4 Å². The van der Waals surface area contributed by atoms with Crippen molar-refractivity contribution in [3.05, 3.63) is 29.3 Å². The Balaban J connectivity index is 1.93. The lowest BCUT2D eigenvalue weighted by Crippen LogP contribution is -2.34. The average Bonchev–Trinajstić information content (AvgIpc) is 2.37. The Morgan fingerprint density at radius 2 is 2.00 bits per heavy atom. The molecule has 3 nitrogen and oxygen atoms in total. The molecule has 0 unspecified atom stereocenters. The van der Waals surface area contributed by atoms with Gasteiger partial charge in [-0.25, -0.2) is 5.90 Å². The van der Waals surface area contributed by atoms with Crippen LogP contribution in [0.4, 0.5) is 5.69 Å². The van der Waals surface area contributed by atoms with Crippen molar-refractivity contribution >= 4 is 5.69 Å². The molecule has 3 heteroatoms. The molecule has 1 aliphatic heterocycles. The van der Waals surface area contributed by atoms with Crippen molar-refractivity contribution in [1.29, 1.82) is 0 Å². The van der Waals surface area contributed by atoms with Gasteiger partial charge in [0.15, 0.2) is 0 Å². The van der Waals surface area contributed by atoms with Gasteiger partial charge in [0.1, 0.15) is 0 Å². The molecule has 0 spiro atoms. The lowest BCUT2D eigenvalue weighted by molar-refractivity contribution is 0.118. The fourth-order valence-electron chi connectivity index (χ4n) is 2.86. The second-order valence-electron chi connectivity index (χ2n) is 5.38. The zero-order valence-corrected chi connectivity index (χ0v) is 11.5. The average molecular weight is 248 g/mol. The van der Waals surface area contributed by atoms with Crippen molar-refractivity contribution in [3.8, 4) is 0 Å². The molecule has 1 saturated heterocycles. The fraction of sp³-hybridized carbons (Fsp3) is 0.600. The van der Waals surface area contributed by atoms with Gasteiger partial charge in [0, 0.05) is 18.8 Å². The van der Waals surface area contributed by atoms with Crippen molar-refractivity contribution in [2.24, 2.45) is 11.8 Å². The maximum atomic E-state index is 5.09. The minimum absolute atomic E-state index is 0.689. The van der Waals surface area contributed by atoms with Gasteiger partial charge in [-0.05, 0) is 50.7 Å². The minimum atomic E-state index is 0.689. The van der Waals surface area contributed by atoms with Crippen LogP contribution in [0.3, 0.4) is 0 Å². The summed E-state index contributed by atoms with van der Waals surface area (Å²) in [6.45, 7) is 7.35. The summed E-state index contributed by atoms with van der Waals surface area (Å²) in [6.07, 6.45) is 3.59. The van der Waals surface area contributed by atoms with E-state index in [-0.39, 0.29) is 0 Å². The van der Waals surface area contributed by atoms with Gasteiger partial charge in [-0.1, -0.05) is 17.7 Å². The second kappa shape index (κ2) is 6.21. The molecule has 0 aliphatic carbocycles. The van der Waals surface area contributed by atoms with Crippen LogP contribution in [-0.2, 0) is 4.84 Å². The van der Waals surface area contributed by atoms with Crippen LogP contribution in [0.5, 0.6) is 0 Å². The van der Waals surface area contributed by atoms with Gasteiger partial charge in [-0.15, -0.1) is 0 Å². The predicted molar refractivity (Wildman–Crippen MR) is 75.6 cm³/mol. The molecule has 18 heavy (non-hydrogen) atoms. The summed E-state index contributed by atoms with van der Waals surface area (Å²) in [5.74, 6) is 5.86. The van der Waals surface area contributed by atoms with Gasteiger partial charge >= 0.3 is 0 Å². The Hall–Kier alpha value is -1.06. The lowest BCUT2D eigenvalue weighted by Gasteiger charge is -2.34. The second-order valence-corrected chi connectivity index (χ2v) is 5.38. The van der Waals surface area contributed by atoms with Crippen LogP contribution < -0.4 is 10.8 Å². The molecular formula is C15H24N2O. The number of hydrogen-bond donors (Lipinski definition) is 1. The molecule has 0 radical (unpaired) electrons. The largest absolute Gasteiger partial charge is 0.371 e. The molecule has 0 bridgehead atoms. The number of hydrogen-bond acceptors (Lipinski definition) is 3. The van der Waals surface area contributed by atoms with Crippen LogP contribution in [0, 0.1) is 19.8 Å². The smallest absolute Gasteiger partial charge is 0.0681 e. The standard InChI is InChI=1S/C15H24N2O/c1-12-3-4-15(13(2)11-12)17-8-5-14(6-9-17)7-10-18-16/h3-4,11,14H,5-10,16H2,1-2H3. The van der Waals surface area contributed by atoms with Gasteiger partial charge in [0.25, 0.3) is 0 Å². The van der Waals surface area contributed by atoms with Gasteiger partial charge in [0.05, 0.1) is 6.61 Å². The Kier molecular flexibility index (Phi) is 4.61. The summed E-state index contributed by atoms with van der Waals surface area (Å²) >= 11 is 0. The molecule has 1 fully saturated rings. The first-order valence-electron chi connectivity index (χ1n) is 6.84. The maximum Gasteiger partial charge on any atom is 0.0681 e. The molecule has 0 amide bonds. The molecule has 1 heterocycles. The number of aryl methyl sites for hydroxylation is 2. The quantitative estimate of drug-likeness (QED) is 0.833. The minimum Gasteiger partial charge on any atom is -0.371 e. The van der Waals surface area contributed by atoms with E-state index in [2.05, 4.69) is 41.8 Å². The van der Waals surface area contributed by atoms with Gasteiger partial charge in [-0.3, -0.25) is 0 Å². The highest BCUT2D eigenvalue weighted by molar-refractivity contribution is 5.54. The highest BCUT2D eigenvalue weighted by atomic mass is 16.6. The summed E-state index contributed by atoms with van der Waals surface area (Å²) in [4.78, 5) is 7.18. The van der Waals surface area contributed by atoms with Crippen molar-refractivity contribution in [2.45, 2.75) is 33.1 Å².